The summed E-state index contributed by atoms with van der Waals surface area (Å²) in [6, 6.07) is 0. The van der Waals surface area contributed by atoms with E-state index in [0.717, 1.165) is 34.7 Å². The fourth-order valence-electron chi connectivity index (χ4n) is 2.92. The average Bonchev–Trinajstić information content (AvgIpc) is 2.92. The minimum absolute atomic E-state index is 0.0961. The van der Waals surface area contributed by atoms with Crippen molar-refractivity contribution in [1.29, 1.82) is 0 Å². The van der Waals surface area contributed by atoms with Gasteiger partial charge in [0, 0.05) is 33.1 Å². The fraction of sp³-hybridized carbons (Fsp3) is 0.500. The molecule has 0 saturated carbocycles. The summed E-state index contributed by atoms with van der Waals surface area (Å²) in [5, 5.41) is 0.904. The molecule has 128 valence electrons. The number of aryl methyl sites for hydroxylation is 1. The second kappa shape index (κ2) is 6.72. The Morgan fingerprint density at radius 2 is 1.96 bits per heavy atom. The Morgan fingerprint density at radius 1 is 1.25 bits per heavy atom. The molecule has 8 heteroatoms. The second-order valence-corrected chi connectivity index (χ2v) is 6.65. The minimum Gasteiger partial charge on any atom is -0.462 e. The number of carbonyl (C=O) groups is 2. The maximum Gasteiger partial charge on any atom is 0.348 e. The minimum atomic E-state index is -0.314. The first kappa shape index (κ1) is 16.6. The van der Waals surface area contributed by atoms with Crippen LogP contribution in [0.3, 0.4) is 0 Å². The van der Waals surface area contributed by atoms with E-state index in [1.165, 1.54) is 17.7 Å². The second-order valence-electron chi connectivity index (χ2n) is 5.65. The van der Waals surface area contributed by atoms with Crippen LogP contribution in [0.4, 0.5) is 5.82 Å². The Bertz CT molecular complexity index is 781. The van der Waals surface area contributed by atoms with Crippen LogP contribution in [0.15, 0.2) is 6.33 Å². The van der Waals surface area contributed by atoms with E-state index in [9.17, 15) is 9.59 Å². The molecule has 1 saturated heterocycles. The number of amides is 1. The highest BCUT2D eigenvalue weighted by molar-refractivity contribution is 7.20. The molecule has 0 bridgehead atoms. The lowest BCUT2D eigenvalue weighted by atomic mass is 10.2. The monoisotopic (exact) mass is 348 g/mol. The number of carbonyl (C=O) groups excluding carboxylic acids is 2. The van der Waals surface area contributed by atoms with Crippen molar-refractivity contribution < 1.29 is 14.3 Å². The molecule has 1 fully saturated rings. The molecule has 1 aliphatic heterocycles. The highest BCUT2D eigenvalue weighted by Crippen LogP contribution is 2.35. The van der Waals surface area contributed by atoms with Gasteiger partial charge in [0.05, 0.1) is 12.0 Å². The van der Waals surface area contributed by atoms with Gasteiger partial charge in [-0.3, -0.25) is 4.79 Å². The summed E-state index contributed by atoms with van der Waals surface area (Å²) in [6.07, 6.45) is 1.53. The number of aromatic nitrogens is 2. The number of esters is 1. The molecule has 0 aliphatic carbocycles. The number of piperazine rings is 1. The van der Waals surface area contributed by atoms with Crippen LogP contribution in [0.1, 0.15) is 29.1 Å². The molecule has 2 aromatic rings. The summed E-state index contributed by atoms with van der Waals surface area (Å²) in [6.45, 7) is 8.42. The standard InChI is InChI=1S/C16H20N4O3S/c1-4-23-16(22)13-10(2)12-14(17-9-18-15(12)24-13)20-7-5-19(6-8-20)11(3)21/h9H,4-8H2,1-3H3. The third-order valence-electron chi connectivity index (χ3n) is 4.19. The first-order valence-electron chi connectivity index (χ1n) is 7.94. The van der Waals surface area contributed by atoms with Gasteiger partial charge in [0.25, 0.3) is 0 Å². The van der Waals surface area contributed by atoms with Crippen molar-refractivity contribution in [1.82, 2.24) is 14.9 Å². The number of nitrogens with zero attached hydrogens (tertiary/aromatic N) is 4. The van der Waals surface area contributed by atoms with Crippen LogP contribution in [0, 0.1) is 6.92 Å². The van der Waals surface area contributed by atoms with Crippen LogP contribution in [0.5, 0.6) is 0 Å². The van der Waals surface area contributed by atoms with Gasteiger partial charge in [0.2, 0.25) is 5.91 Å². The molecule has 1 aliphatic rings. The van der Waals surface area contributed by atoms with Crippen molar-refractivity contribution in [2.75, 3.05) is 37.7 Å². The van der Waals surface area contributed by atoms with E-state index in [-0.39, 0.29) is 11.9 Å². The molecule has 3 rings (SSSR count). The number of rotatable bonds is 3. The van der Waals surface area contributed by atoms with Gasteiger partial charge in [0.1, 0.15) is 21.9 Å². The van der Waals surface area contributed by atoms with E-state index in [1.807, 2.05) is 11.8 Å². The molecule has 7 nitrogen and oxygen atoms in total. The highest BCUT2D eigenvalue weighted by Gasteiger charge is 2.25. The maximum absolute atomic E-state index is 12.1. The number of hydrogen-bond donors (Lipinski definition) is 0. The molecule has 0 unspecified atom stereocenters. The van der Waals surface area contributed by atoms with Gasteiger partial charge in [-0.1, -0.05) is 0 Å². The Kier molecular flexibility index (Phi) is 4.66. The molecule has 1 amide bonds. The van der Waals surface area contributed by atoms with Gasteiger partial charge in [-0.05, 0) is 19.4 Å². The molecular formula is C16H20N4O3S. The normalized spacial score (nSPS) is 15.0. The Morgan fingerprint density at radius 3 is 2.58 bits per heavy atom. The van der Waals surface area contributed by atoms with Crippen LogP contribution in [0.25, 0.3) is 10.2 Å². The van der Waals surface area contributed by atoms with E-state index in [1.54, 1.807) is 13.8 Å². The molecule has 24 heavy (non-hydrogen) atoms. The van der Waals surface area contributed by atoms with Crippen molar-refractivity contribution in [3.05, 3.63) is 16.8 Å². The highest BCUT2D eigenvalue weighted by atomic mass is 32.1. The molecule has 3 heterocycles. The molecule has 0 atom stereocenters. The number of fused-ring (bicyclic) bond motifs is 1. The third-order valence-corrected chi connectivity index (χ3v) is 5.37. The number of ether oxygens (including phenoxy) is 1. The van der Waals surface area contributed by atoms with Gasteiger partial charge in [0.15, 0.2) is 0 Å². The van der Waals surface area contributed by atoms with Crippen LogP contribution in [-0.2, 0) is 9.53 Å². The molecule has 0 radical (unpaired) electrons. The van der Waals surface area contributed by atoms with Crippen LogP contribution < -0.4 is 4.90 Å². The van der Waals surface area contributed by atoms with E-state index in [0.29, 0.717) is 24.6 Å². The number of hydrogen-bond acceptors (Lipinski definition) is 7. The lowest BCUT2D eigenvalue weighted by Crippen LogP contribution is -2.48. The predicted molar refractivity (Wildman–Crippen MR) is 92.6 cm³/mol. The van der Waals surface area contributed by atoms with Crippen molar-refractivity contribution in [3.63, 3.8) is 0 Å². The largest absolute Gasteiger partial charge is 0.462 e. The molecule has 0 aromatic carbocycles. The fourth-order valence-corrected chi connectivity index (χ4v) is 3.95. The summed E-state index contributed by atoms with van der Waals surface area (Å²) in [5.41, 5.74) is 0.859. The smallest absolute Gasteiger partial charge is 0.348 e. The third kappa shape index (κ3) is 2.93. The van der Waals surface area contributed by atoms with Gasteiger partial charge in [-0.2, -0.15) is 0 Å². The zero-order valence-corrected chi connectivity index (χ0v) is 14.9. The van der Waals surface area contributed by atoms with E-state index in [2.05, 4.69) is 14.9 Å². The van der Waals surface area contributed by atoms with Gasteiger partial charge in [-0.25, -0.2) is 14.8 Å². The van der Waals surface area contributed by atoms with Gasteiger partial charge in [-0.15, -0.1) is 11.3 Å². The first-order chi connectivity index (χ1) is 11.5. The Labute approximate surface area is 144 Å². The summed E-state index contributed by atoms with van der Waals surface area (Å²) < 4.78 is 5.13. The zero-order chi connectivity index (χ0) is 17.3. The van der Waals surface area contributed by atoms with E-state index in [4.69, 9.17) is 4.74 Å². The molecule has 0 N–H and O–H groups in total. The van der Waals surface area contributed by atoms with Crippen LogP contribution in [-0.4, -0.2) is 59.5 Å². The molecular weight excluding hydrogens is 328 g/mol. The SMILES string of the molecule is CCOC(=O)c1sc2ncnc(N3CCN(C(C)=O)CC3)c2c1C. The van der Waals surface area contributed by atoms with Gasteiger partial charge >= 0.3 is 5.97 Å². The summed E-state index contributed by atoms with van der Waals surface area (Å²) in [5.74, 6) is 0.608. The maximum atomic E-state index is 12.1. The van der Waals surface area contributed by atoms with Crippen LogP contribution >= 0.6 is 11.3 Å². The van der Waals surface area contributed by atoms with Crippen LogP contribution in [0.2, 0.25) is 0 Å². The van der Waals surface area contributed by atoms with Crippen molar-refractivity contribution in [3.8, 4) is 0 Å². The van der Waals surface area contributed by atoms with E-state index < -0.39 is 0 Å². The van der Waals surface area contributed by atoms with E-state index >= 15 is 0 Å². The first-order valence-corrected chi connectivity index (χ1v) is 8.76. The van der Waals surface area contributed by atoms with Gasteiger partial charge < -0.3 is 14.5 Å². The Hall–Kier alpha value is -2.22. The topological polar surface area (TPSA) is 75.6 Å². The summed E-state index contributed by atoms with van der Waals surface area (Å²) >= 11 is 1.34. The van der Waals surface area contributed by atoms with Crippen molar-refractivity contribution in [2.24, 2.45) is 0 Å². The average molecular weight is 348 g/mol. The number of anilines is 1. The lowest BCUT2D eigenvalue weighted by molar-refractivity contribution is -0.129. The quantitative estimate of drug-likeness (QED) is 0.788. The number of thiophene rings is 1. The molecule has 0 spiro atoms. The summed E-state index contributed by atoms with van der Waals surface area (Å²) in [7, 11) is 0. The zero-order valence-electron chi connectivity index (χ0n) is 14.0. The molecule has 2 aromatic heterocycles. The predicted octanol–water partition coefficient (Wildman–Crippen LogP) is 1.84. The summed E-state index contributed by atoms with van der Waals surface area (Å²) in [4.78, 5) is 37.7. The van der Waals surface area contributed by atoms with Crippen molar-refractivity contribution in [2.45, 2.75) is 20.8 Å². The Balaban J connectivity index is 1.95. The lowest BCUT2D eigenvalue weighted by Gasteiger charge is -2.35. The van der Waals surface area contributed by atoms with Crippen molar-refractivity contribution >= 4 is 39.2 Å².